The number of fused-ring (bicyclic) bond motifs is 1. The highest BCUT2D eigenvalue weighted by molar-refractivity contribution is 7.92. The molecular formula is C15H14ClN3O4S2. The molecule has 0 aliphatic carbocycles. The standard InChI is InChI=1S/C15H14ClN3O4S2/c1-2-25(22,23)9-11(20)13-14(21)19(8-10-7-17-15(16)24-10)12-5-3-4-6-18(12)13/h3-7H,2,8-9H2,1H3. The van der Waals surface area contributed by atoms with Crippen molar-refractivity contribution in [3.63, 3.8) is 0 Å². The maximum absolute atomic E-state index is 12.8. The maximum atomic E-state index is 12.8. The second-order valence-corrected chi connectivity index (χ2v) is 9.40. The number of aromatic nitrogens is 3. The Morgan fingerprint density at radius 2 is 2.20 bits per heavy atom. The van der Waals surface area contributed by atoms with Gasteiger partial charge in [-0.15, -0.1) is 11.3 Å². The third-order valence-corrected chi connectivity index (χ3v) is 6.38. The fourth-order valence-corrected chi connectivity index (χ4v) is 4.17. The van der Waals surface area contributed by atoms with Gasteiger partial charge < -0.3 is 5.11 Å². The second kappa shape index (κ2) is 6.74. The van der Waals surface area contributed by atoms with Gasteiger partial charge in [0.25, 0.3) is 5.65 Å². The fraction of sp³-hybridized carbons (Fsp3) is 0.267. The Hall–Kier alpha value is -1.97. The van der Waals surface area contributed by atoms with Gasteiger partial charge in [0, 0.05) is 18.0 Å². The number of ketones is 1. The van der Waals surface area contributed by atoms with Gasteiger partial charge in [0.2, 0.25) is 11.5 Å². The molecule has 0 bridgehead atoms. The molecule has 0 fully saturated rings. The first-order valence-corrected chi connectivity index (χ1v) is 10.4. The lowest BCUT2D eigenvalue weighted by Gasteiger charge is -2.05. The SMILES string of the molecule is CCS(=O)(=O)CC(=O)c1c([O-])n(Cc2cnc(Cl)s2)c2cccc[n+]12. The summed E-state index contributed by atoms with van der Waals surface area (Å²) in [5.74, 6) is -2.09. The van der Waals surface area contributed by atoms with E-state index >= 15 is 0 Å². The quantitative estimate of drug-likeness (QED) is 0.456. The van der Waals surface area contributed by atoms with E-state index in [1.165, 1.54) is 27.2 Å². The molecule has 0 aliphatic heterocycles. The lowest BCUT2D eigenvalue weighted by molar-refractivity contribution is -0.516. The summed E-state index contributed by atoms with van der Waals surface area (Å²) in [5, 5.41) is 12.8. The zero-order chi connectivity index (χ0) is 18.2. The van der Waals surface area contributed by atoms with Crippen LogP contribution in [-0.2, 0) is 16.4 Å². The summed E-state index contributed by atoms with van der Waals surface area (Å²) in [7, 11) is -3.53. The fourth-order valence-electron chi connectivity index (χ4n) is 2.47. The van der Waals surface area contributed by atoms with Crippen molar-refractivity contribution in [1.29, 1.82) is 0 Å². The molecule has 10 heteroatoms. The van der Waals surface area contributed by atoms with E-state index < -0.39 is 27.3 Å². The predicted octanol–water partition coefficient (Wildman–Crippen LogP) is 1.08. The summed E-state index contributed by atoms with van der Waals surface area (Å²) in [5.41, 5.74) is 0.331. The van der Waals surface area contributed by atoms with Gasteiger partial charge in [-0.05, 0) is 6.07 Å². The highest BCUT2D eigenvalue weighted by atomic mass is 35.5. The first kappa shape index (κ1) is 17.8. The van der Waals surface area contributed by atoms with Gasteiger partial charge in [0.1, 0.15) is 18.2 Å². The number of Topliss-reactive ketones (excluding diaryl/α,β-unsaturated/α-hetero) is 1. The van der Waals surface area contributed by atoms with E-state index in [9.17, 15) is 18.3 Å². The number of thiazole rings is 1. The molecule has 3 aromatic rings. The van der Waals surface area contributed by atoms with Crippen LogP contribution in [0.3, 0.4) is 0 Å². The first-order chi connectivity index (χ1) is 11.8. The van der Waals surface area contributed by atoms with Crippen molar-refractivity contribution in [1.82, 2.24) is 9.55 Å². The summed E-state index contributed by atoms with van der Waals surface area (Å²) in [6.07, 6.45) is 3.13. The molecule has 0 aliphatic rings. The van der Waals surface area contributed by atoms with Gasteiger partial charge in [0.15, 0.2) is 14.3 Å². The Morgan fingerprint density at radius 3 is 2.84 bits per heavy atom. The number of pyridine rings is 1. The number of imidazole rings is 1. The second-order valence-electron chi connectivity index (χ2n) is 5.35. The van der Waals surface area contributed by atoms with Crippen molar-refractivity contribution in [2.24, 2.45) is 0 Å². The van der Waals surface area contributed by atoms with Crippen LogP contribution in [0.4, 0.5) is 0 Å². The monoisotopic (exact) mass is 399 g/mol. The van der Waals surface area contributed by atoms with E-state index in [1.54, 1.807) is 30.6 Å². The topological polar surface area (TPSA) is 96.2 Å². The van der Waals surface area contributed by atoms with Crippen LogP contribution in [0, 0.1) is 0 Å². The van der Waals surface area contributed by atoms with Crippen molar-refractivity contribution in [2.45, 2.75) is 13.5 Å². The molecule has 3 heterocycles. The highest BCUT2D eigenvalue weighted by Gasteiger charge is 2.28. The Labute approximate surface area is 153 Å². The maximum Gasteiger partial charge on any atom is 0.286 e. The number of halogens is 1. The Morgan fingerprint density at radius 1 is 1.44 bits per heavy atom. The minimum Gasteiger partial charge on any atom is -0.839 e. The summed E-state index contributed by atoms with van der Waals surface area (Å²) in [4.78, 5) is 17.2. The predicted molar refractivity (Wildman–Crippen MR) is 91.9 cm³/mol. The van der Waals surface area contributed by atoms with Crippen LogP contribution in [0.2, 0.25) is 4.47 Å². The van der Waals surface area contributed by atoms with E-state index in [-0.39, 0.29) is 18.0 Å². The molecule has 3 rings (SSSR count). The summed E-state index contributed by atoms with van der Waals surface area (Å²) >= 11 is 7.06. The largest absolute Gasteiger partial charge is 0.839 e. The van der Waals surface area contributed by atoms with Crippen LogP contribution >= 0.6 is 22.9 Å². The smallest absolute Gasteiger partial charge is 0.286 e. The average Bonchev–Trinajstić information content (AvgIpc) is 3.09. The Bertz CT molecular complexity index is 1060. The first-order valence-electron chi connectivity index (χ1n) is 7.36. The van der Waals surface area contributed by atoms with Crippen LogP contribution in [0.25, 0.3) is 5.65 Å². The molecular weight excluding hydrogens is 386 g/mol. The summed E-state index contributed by atoms with van der Waals surface area (Å²) in [6.45, 7) is 1.66. The van der Waals surface area contributed by atoms with Gasteiger partial charge in [-0.25, -0.2) is 18.0 Å². The summed E-state index contributed by atoms with van der Waals surface area (Å²) < 4.78 is 26.7. The molecule has 0 unspecified atom stereocenters. The third kappa shape index (κ3) is 3.53. The molecule has 0 saturated heterocycles. The highest BCUT2D eigenvalue weighted by Crippen LogP contribution is 2.23. The minimum absolute atomic E-state index is 0.157. The normalized spacial score (nSPS) is 11.9. The minimum atomic E-state index is -3.53. The summed E-state index contributed by atoms with van der Waals surface area (Å²) in [6, 6.07) is 5.10. The zero-order valence-corrected chi connectivity index (χ0v) is 15.6. The molecule has 0 aromatic carbocycles. The number of hydrogen-bond donors (Lipinski definition) is 0. The van der Waals surface area contributed by atoms with E-state index in [4.69, 9.17) is 11.6 Å². The Kier molecular flexibility index (Phi) is 4.81. The molecule has 7 nitrogen and oxygen atoms in total. The van der Waals surface area contributed by atoms with Gasteiger partial charge in [-0.1, -0.05) is 24.6 Å². The van der Waals surface area contributed by atoms with Gasteiger partial charge in [0.05, 0.1) is 11.1 Å². The number of rotatable bonds is 6. The number of sulfone groups is 1. The molecule has 0 saturated carbocycles. The van der Waals surface area contributed by atoms with Crippen molar-refractivity contribution in [3.8, 4) is 5.88 Å². The van der Waals surface area contributed by atoms with Crippen LogP contribution < -0.4 is 9.51 Å². The van der Waals surface area contributed by atoms with Gasteiger partial charge in [-0.2, -0.15) is 4.40 Å². The number of hydrogen-bond acceptors (Lipinski definition) is 6. The molecule has 25 heavy (non-hydrogen) atoms. The molecule has 3 aromatic heterocycles. The van der Waals surface area contributed by atoms with Crippen molar-refractivity contribution in [2.75, 3.05) is 11.5 Å². The van der Waals surface area contributed by atoms with E-state index in [0.29, 0.717) is 10.1 Å². The number of nitrogens with zero attached hydrogens (tertiary/aromatic N) is 3. The lowest BCUT2D eigenvalue weighted by Crippen LogP contribution is -2.31. The number of carbonyl (C=O) groups is 1. The molecule has 0 radical (unpaired) electrons. The van der Waals surface area contributed by atoms with Crippen molar-refractivity contribution < 1.29 is 22.7 Å². The average molecular weight is 400 g/mol. The van der Waals surface area contributed by atoms with E-state index in [2.05, 4.69) is 4.98 Å². The van der Waals surface area contributed by atoms with Crippen molar-refractivity contribution >= 4 is 44.2 Å². The van der Waals surface area contributed by atoms with Crippen LogP contribution in [-0.4, -0.2) is 35.3 Å². The molecule has 0 amide bonds. The van der Waals surface area contributed by atoms with Crippen molar-refractivity contribution in [3.05, 3.63) is 45.6 Å². The van der Waals surface area contributed by atoms with Crippen LogP contribution in [0.15, 0.2) is 30.6 Å². The van der Waals surface area contributed by atoms with Gasteiger partial charge in [-0.3, -0.25) is 4.79 Å². The third-order valence-electron chi connectivity index (χ3n) is 3.70. The molecule has 132 valence electrons. The van der Waals surface area contributed by atoms with E-state index in [0.717, 1.165) is 4.88 Å². The van der Waals surface area contributed by atoms with E-state index in [1.807, 2.05) is 0 Å². The zero-order valence-electron chi connectivity index (χ0n) is 13.2. The lowest BCUT2D eigenvalue weighted by atomic mass is 10.3. The molecule has 0 N–H and O–H groups in total. The van der Waals surface area contributed by atoms with Gasteiger partial charge >= 0.3 is 0 Å². The van der Waals surface area contributed by atoms with Crippen LogP contribution in [0.1, 0.15) is 22.3 Å². The number of carbonyl (C=O) groups excluding carboxylic acids is 1. The van der Waals surface area contributed by atoms with Crippen LogP contribution in [0.5, 0.6) is 5.88 Å². The Balaban J connectivity index is 2.10. The molecule has 0 spiro atoms. The molecule has 0 atom stereocenters.